The van der Waals surface area contributed by atoms with E-state index in [-0.39, 0.29) is 19.0 Å². The molecule has 0 fully saturated rings. The van der Waals surface area contributed by atoms with E-state index in [1.807, 2.05) is 6.07 Å². The first-order chi connectivity index (χ1) is 13.0. The number of hydrogen-bond acceptors (Lipinski definition) is 8. The molecule has 0 bridgehead atoms. The van der Waals surface area contributed by atoms with Crippen LogP contribution in [0.3, 0.4) is 0 Å². The van der Waals surface area contributed by atoms with E-state index in [2.05, 4.69) is 10.3 Å². The maximum Gasteiger partial charge on any atom is 0.310 e. The van der Waals surface area contributed by atoms with Gasteiger partial charge < -0.3 is 23.3 Å². The molecule has 0 spiro atoms. The van der Waals surface area contributed by atoms with Crippen LogP contribution in [0.15, 0.2) is 33.3 Å². The predicted octanol–water partition coefficient (Wildman–Crippen LogP) is 3.25. The van der Waals surface area contributed by atoms with Crippen LogP contribution in [0.2, 0.25) is 0 Å². The van der Waals surface area contributed by atoms with E-state index in [1.54, 1.807) is 46.3 Å². The van der Waals surface area contributed by atoms with Gasteiger partial charge in [-0.05, 0) is 32.0 Å². The van der Waals surface area contributed by atoms with E-state index < -0.39 is 0 Å². The molecule has 0 amide bonds. The molecule has 8 heteroatoms. The van der Waals surface area contributed by atoms with Crippen LogP contribution in [0, 0.1) is 13.8 Å². The molecule has 3 aromatic rings. The minimum Gasteiger partial charge on any atom is -0.493 e. The van der Waals surface area contributed by atoms with Gasteiger partial charge in [0.2, 0.25) is 0 Å². The Morgan fingerprint density at radius 1 is 1.04 bits per heavy atom. The molecule has 0 saturated heterocycles. The summed E-state index contributed by atoms with van der Waals surface area (Å²) in [5.41, 5.74) is 2.70. The summed E-state index contributed by atoms with van der Waals surface area (Å²) < 4.78 is 26.1. The molecule has 0 atom stereocenters. The second-order valence-electron chi connectivity index (χ2n) is 5.89. The number of esters is 1. The number of aromatic nitrogens is 2. The Kier molecular flexibility index (Phi) is 5.44. The summed E-state index contributed by atoms with van der Waals surface area (Å²) >= 11 is 0. The van der Waals surface area contributed by atoms with Gasteiger partial charge in [0.1, 0.15) is 18.1 Å². The van der Waals surface area contributed by atoms with Crippen molar-refractivity contribution in [2.24, 2.45) is 0 Å². The average molecular weight is 372 g/mol. The van der Waals surface area contributed by atoms with Gasteiger partial charge in [0, 0.05) is 17.2 Å². The molecule has 1 aromatic carbocycles. The zero-order valence-electron chi connectivity index (χ0n) is 15.6. The molecule has 0 saturated carbocycles. The first-order valence-corrected chi connectivity index (χ1v) is 8.27. The van der Waals surface area contributed by atoms with Crippen LogP contribution >= 0.6 is 0 Å². The van der Waals surface area contributed by atoms with Gasteiger partial charge >= 0.3 is 5.97 Å². The third-order valence-electron chi connectivity index (χ3n) is 4.11. The van der Waals surface area contributed by atoms with Crippen LogP contribution in [-0.4, -0.2) is 30.5 Å². The number of ether oxygens (including phenoxy) is 3. The smallest absolute Gasteiger partial charge is 0.310 e. The fourth-order valence-corrected chi connectivity index (χ4v) is 2.61. The maximum absolute atomic E-state index is 12.0. The first-order valence-electron chi connectivity index (χ1n) is 8.27. The Hall–Kier alpha value is -3.29. The Morgan fingerprint density at radius 2 is 1.81 bits per heavy atom. The second kappa shape index (κ2) is 7.94. The van der Waals surface area contributed by atoms with Crippen molar-refractivity contribution in [3.63, 3.8) is 0 Å². The number of benzene rings is 1. The fraction of sp³-hybridized carbons (Fsp3) is 0.316. The lowest BCUT2D eigenvalue weighted by atomic mass is 10.1. The SMILES string of the molecule is COc1ccc(-c2cc(COC(=O)Cc3c(C)noc3C)no2)cc1OC. The Morgan fingerprint density at radius 3 is 2.48 bits per heavy atom. The number of hydrogen-bond donors (Lipinski definition) is 0. The van der Waals surface area contributed by atoms with Crippen LogP contribution < -0.4 is 9.47 Å². The van der Waals surface area contributed by atoms with E-state index in [4.69, 9.17) is 23.3 Å². The van der Waals surface area contributed by atoms with Crippen molar-refractivity contribution in [1.82, 2.24) is 10.3 Å². The third kappa shape index (κ3) is 4.11. The van der Waals surface area contributed by atoms with Crippen molar-refractivity contribution in [2.75, 3.05) is 14.2 Å². The molecule has 8 nitrogen and oxygen atoms in total. The molecule has 3 rings (SSSR count). The van der Waals surface area contributed by atoms with E-state index in [9.17, 15) is 4.79 Å². The Bertz CT molecular complexity index is 924. The van der Waals surface area contributed by atoms with Crippen LogP contribution in [-0.2, 0) is 22.6 Å². The van der Waals surface area contributed by atoms with E-state index in [1.165, 1.54) is 0 Å². The van der Waals surface area contributed by atoms with Crippen molar-refractivity contribution >= 4 is 5.97 Å². The van der Waals surface area contributed by atoms with Crippen LogP contribution in [0.5, 0.6) is 11.5 Å². The van der Waals surface area contributed by atoms with Gasteiger partial charge in [0.25, 0.3) is 0 Å². The van der Waals surface area contributed by atoms with E-state index in [0.29, 0.717) is 34.4 Å². The minimum absolute atomic E-state index is 0.0129. The molecule has 0 aliphatic rings. The number of carbonyl (C=O) groups excluding carboxylic acids is 1. The van der Waals surface area contributed by atoms with E-state index >= 15 is 0 Å². The van der Waals surface area contributed by atoms with Gasteiger partial charge in [-0.2, -0.15) is 0 Å². The van der Waals surface area contributed by atoms with Crippen molar-refractivity contribution < 1.29 is 28.1 Å². The van der Waals surface area contributed by atoms with Gasteiger partial charge in [-0.15, -0.1) is 0 Å². The number of nitrogens with zero attached hydrogens (tertiary/aromatic N) is 2. The van der Waals surface area contributed by atoms with Gasteiger partial charge in [-0.3, -0.25) is 4.79 Å². The number of aryl methyl sites for hydroxylation is 2. The van der Waals surface area contributed by atoms with Crippen LogP contribution in [0.25, 0.3) is 11.3 Å². The molecular formula is C19H20N2O6. The maximum atomic E-state index is 12.0. The van der Waals surface area contributed by atoms with E-state index in [0.717, 1.165) is 11.1 Å². The second-order valence-corrected chi connectivity index (χ2v) is 5.89. The molecule has 0 aliphatic carbocycles. The molecule has 27 heavy (non-hydrogen) atoms. The summed E-state index contributed by atoms with van der Waals surface area (Å²) in [6.07, 6.45) is 0.0988. The van der Waals surface area contributed by atoms with Crippen molar-refractivity contribution in [1.29, 1.82) is 0 Å². The zero-order chi connectivity index (χ0) is 19.4. The lowest BCUT2D eigenvalue weighted by molar-refractivity contribution is -0.144. The van der Waals surface area contributed by atoms with Crippen molar-refractivity contribution in [3.05, 3.63) is 47.0 Å². The largest absolute Gasteiger partial charge is 0.493 e. The highest BCUT2D eigenvalue weighted by Gasteiger charge is 2.16. The minimum atomic E-state index is -0.389. The standard InChI is InChI=1S/C19H20N2O6/c1-11-15(12(2)26-20-11)9-19(22)25-10-14-8-17(27-21-14)13-5-6-16(23-3)18(7-13)24-4/h5-8H,9-10H2,1-4H3. The Labute approximate surface area is 156 Å². The molecule has 0 N–H and O–H groups in total. The predicted molar refractivity (Wildman–Crippen MR) is 94.5 cm³/mol. The third-order valence-corrected chi connectivity index (χ3v) is 4.11. The number of carbonyl (C=O) groups is 1. The molecule has 2 aromatic heterocycles. The summed E-state index contributed by atoms with van der Waals surface area (Å²) in [5.74, 6) is 1.96. The highest BCUT2D eigenvalue weighted by Crippen LogP contribution is 2.32. The summed E-state index contributed by atoms with van der Waals surface area (Å²) in [6, 6.07) is 7.10. The zero-order valence-corrected chi connectivity index (χ0v) is 15.6. The summed E-state index contributed by atoms with van der Waals surface area (Å²) in [5, 5.41) is 7.76. The lowest BCUT2D eigenvalue weighted by Crippen LogP contribution is -2.09. The van der Waals surface area contributed by atoms with Gasteiger partial charge in [0.15, 0.2) is 17.3 Å². The molecular weight excluding hydrogens is 352 g/mol. The summed E-state index contributed by atoms with van der Waals surface area (Å²) in [4.78, 5) is 12.0. The summed E-state index contributed by atoms with van der Waals surface area (Å²) in [6.45, 7) is 3.56. The van der Waals surface area contributed by atoms with Gasteiger partial charge in [-0.1, -0.05) is 10.3 Å². The molecule has 0 unspecified atom stereocenters. The lowest BCUT2D eigenvalue weighted by Gasteiger charge is -2.07. The van der Waals surface area contributed by atoms with Gasteiger partial charge in [-0.25, -0.2) is 0 Å². The van der Waals surface area contributed by atoms with Gasteiger partial charge in [0.05, 0.1) is 26.3 Å². The summed E-state index contributed by atoms with van der Waals surface area (Å²) in [7, 11) is 3.13. The highest BCUT2D eigenvalue weighted by molar-refractivity contribution is 5.73. The van der Waals surface area contributed by atoms with Crippen LogP contribution in [0.1, 0.15) is 22.7 Å². The fourth-order valence-electron chi connectivity index (χ4n) is 2.61. The number of methoxy groups -OCH3 is 2. The monoisotopic (exact) mass is 372 g/mol. The van der Waals surface area contributed by atoms with Crippen LogP contribution in [0.4, 0.5) is 0 Å². The molecule has 0 radical (unpaired) electrons. The quantitative estimate of drug-likeness (QED) is 0.583. The first kappa shape index (κ1) is 18.5. The average Bonchev–Trinajstić information content (AvgIpc) is 3.28. The van der Waals surface area contributed by atoms with Crippen molar-refractivity contribution in [2.45, 2.75) is 26.9 Å². The van der Waals surface area contributed by atoms with Crippen molar-refractivity contribution in [3.8, 4) is 22.8 Å². The normalized spacial score (nSPS) is 10.7. The highest BCUT2D eigenvalue weighted by atomic mass is 16.5. The molecule has 142 valence electrons. The molecule has 2 heterocycles. The Balaban J connectivity index is 1.63. The topological polar surface area (TPSA) is 96.8 Å². The number of rotatable bonds is 7. The molecule has 0 aliphatic heterocycles.